The third-order valence-corrected chi connectivity index (χ3v) is 5.59. The summed E-state index contributed by atoms with van der Waals surface area (Å²) in [7, 11) is 0. The van der Waals surface area contributed by atoms with Crippen molar-refractivity contribution in [3.8, 4) is 11.6 Å². The summed E-state index contributed by atoms with van der Waals surface area (Å²) in [6, 6.07) is 21.4. The summed E-state index contributed by atoms with van der Waals surface area (Å²) in [6.45, 7) is 3.60. The van der Waals surface area contributed by atoms with Crippen LogP contribution in [0.15, 0.2) is 85.2 Å². The molecule has 0 fully saturated rings. The number of aryl methyl sites for hydroxylation is 2. The number of amides is 2. The molecule has 0 radical (unpaired) electrons. The van der Waals surface area contributed by atoms with Crippen molar-refractivity contribution in [1.29, 1.82) is 0 Å². The number of hydrogen-bond acceptors (Lipinski definition) is 4. The first-order chi connectivity index (χ1) is 16.0. The van der Waals surface area contributed by atoms with Crippen LogP contribution in [0.3, 0.4) is 0 Å². The van der Waals surface area contributed by atoms with Crippen molar-refractivity contribution >= 4 is 28.8 Å². The molecule has 0 saturated heterocycles. The highest BCUT2D eigenvalue weighted by molar-refractivity contribution is 6.53. The summed E-state index contributed by atoms with van der Waals surface area (Å²) >= 11 is 0. The summed E-state index contributed by atoms with van der Waals surface area (Å²) in [6.07, 6.45) is 3.36. The van der Waals surface area contributed by atoms with E-state index in [0.717, 1.165) is 10.5 Å². The molecular formula is C26H20N4O3. The van der Waals surface area contributed by atoms with E-state index in [9.17, 15) is 14.7 Å². The quantitative estimate of drug-likeness (QED) is 0.364. The summed E-state index contributed by atoms with van der Waals surface area (Å²) in [4.78, 5) is 28.4. The fourth-order valence-electron chi connectivity index (χ4n) is 4.00. The topological polar surface area (TPSA) is 82.1 Å². The standard InChI is InChI=1S/C26H20N4O3/c1-17-11-13-19(14-12-17)29-24(31)22(23(26(29)33)28-15-7-4-8-16-28)21-18(2)27-30(25(21)32)20-9-5-3-6-10-20/h3-16H,1-2H3. The van der Waals surface area contributed by atoms with Crippen LogP contribution in [0.1, 0.15) is 16.8 Å². The molecule has 3 heterocycles. The Labute approximate surface area is 190 Å². The third-order valence-electron chi connectivity index (χ3n) is 5.59. The van der Waals surface area contributed by atoms with Crippen LogP contribution in [0.4, 0.5) is 5.69 Å². The second-order valence-electron chi connectivity index (χ2n) is 7.80. The van der Waals surface area contributed by atoms with Gasteiger partial charge in [-0.25, -0.2) is 9.58 Å². The van der Waals surface area contributed by atoms with Crippen molar-refractivity contribution < 1.29 is 19.3 Å². The molecule has 2 amide bonds. The number of nitrogens with zero attached hydrogens (tertiary/aromatic N) is 4. The summed E-state index contributed by atoms with van der Waals surface area (Å²) in [5.41, 5.74) is 2.69. The van der Waals surface area contributed by atoms with Gasteiger partial charge in [0.25, 0.3) is 11.6 Å². The van der Waals surface area contributed by atoms with Gasteiger partial charge in [0.1, 0.15) is 5.57 Å². The van der Waals surface area contributed by atoms with Gasteiger partial charge in [0.05, 0.1) is 17.1 Å². The lowest BCUT2D eigenvalue weighted by Gasteiger charge is -2.15. The van der Waals surface area contributed by atoms with Crippen LogP contribution < -0.4 is 14.6 Å². The predicted molar refractivity (Wildman–Crippen MR) is 121 cm³/mol. The molecule has 0 bridgehead atoms. The van der Waals surface area contributed by atoms with Crippen molar-refractivity contribution in [2.45, 2.75) is 13.8 Å². The third kappa shape index (κ3) is 3.30. The fourth-order valence-corrected chi connectivity index (χ4v) is 4.00. The van der Waals surface area contributed by atoms with Gasteiger partial charge in [-0.05, 0) is 44.0 Å². The zero-order valence-corrected chi connectivity index (χ0v) is 18.1. The van der Waals surface area contributed by atoms with Gasteiger partial charge >= 0.3 is 5.91 Å². The zero-order chi connectivity index (χ0) is 23.1. The van der Waals surface area contributed by atoms with Gasteiger partial charge in [-0.15, -0.1) is 0 Å². The Kier molecular flexibility index (Phi) is 4.86. The van der Waals surface area contributed by atoms with Gasteiger partial charge in [-0.3, -0.25) is 9.59 Å². The Hall–Kier alpha value is -4.52. The maximum atomic E-state index is 13.7. The highest BCUT2D eigenvalue weighted by Gasteiger charge is 2.47. The van der Waals surface area contributed by atoms with E-state index < -0.39 is 17.7 Å². The summed E-state index contributed by atoms with van der Waals surface area (Å²) < 4.78 is 2.83. The Morgan fingerprint density at radius 3 is 2.09 bits per heavy atom. The number of para-hydroxylation sites is 1. The minimum Gasteiger partial charge on any atom is -0.858 e. The van der Waals surface area contributed by atoms with Crippen LogP contribution in [0.5, 0.6) is 5.88 Å². The average Bonchev–Trinajstić information content (AvgIpc) is 3.26. The Morgan fingerprint density at radius 2 is 1.42 bits per heavy atom. The van der Waals surface area contributed by atoms with E-state index in [4.69, 9.17) is 0 Å². The smallest absolute Gasteiger partial charge is 0.331 e. The van der Waals surface area contributed by atoms with Gasteiger partial charge < -0.3 is 5.11 Å². The molecule has 0 atom stereocenters. The number of benzene rings is 2. The first kappa shape index (κ1) is 20.4. The molecule has 1 aliphatic rings. The lowest BCUT2D eigenvalue weighted by molar-refractivity contribution is -0.576. The van der Waals surface area contributed by atoms with Crippen LogP contribution in [0.2, 0.25) is 0 Å². The van der Waals surface area contributed by atoms with Crippen LogP contribution in [-0.2, 0) is 9.59 Å². The maximum absolute atomic E-state index is 13.7. The van der Waals surface area contributed by atoms with E-state index in [0.29, 0.717) is 17.1 Å². The van der Waals surface area contributed by atoms with E-state index in [1.54, 1.807) is 72.4 Å². The summed E-state index contributed by atoms with van der Waals surface area (Å²) in [5.74, 6) is -1.50. The molecule has 2 aromatic heterocycles. The number of carbonyl (C=O) groups is 2. The molecule has 0 N–H and O–H groups in total. The molecule has 2 aromatic carbocycles. The minimum atomic E-state index is -0.553. The average molecular weight is 436 g/mol. The van der Waals surface area contributed by atoms with E-state index in [1.165, 1.54) is 4.68 Å². The number of hydrogen-bond donors (Lipinski definition) is 0. The first-order valence-corrected chi connectivity index (χ1v) is 10.5. The van der Waals surface area contributed by atoms with E-state index >= 15 is 0 Å². The molecule has 0 spiro atoms. The van der Waals surface area contributed by atoms with Crippen LogP contribution in [0, 0.1) is 13.8 Å². The molecule has 7 heteroatoms. The highest BCUT2D eigenvalue weighted by Crippen LogP contribution is 2.38. The molecule has 33 heavy (non-hydrogen) atoms. The van der Waals surface area contributed by atoms with Crippen LogP contribution >= 0.6 is 0 Å². The molecule has 4 aromatic rings. The van der Waals surface area contributed by atoms with Crippen LogP contribution in [-0.4, -0.2) is 21.6 Å². The molecule has 7 nitrogen and oxygen atoms in total. The molecule has 0 unspecified atom stereocenters. The fraction of sp³-hybridized carbons (Fsp3) is 0.0769. The Balaban J connectivity index is 1.74. The Morgan fingerprint density at radius 1 is 0.788 bits per heavy atom. The number of anilines is 1. The van der Waals surface area contributed by atoms with Crippen molar-refractivity contribution in [2.75, 3.05) is 4.90 Å². The number of pyridine rings is 1. The van der Waals surface area contributed by atoms with E-state index in [1.807, 2.05) is 31.2 Å². The minimum absolute atomic E-state index is 0.0430. The van der Waals surface area contributed by atoms with E-state index in [-0.39, 0.29) is 16.8 Å². The number of imide groups is 1. The molecule has 5 rings (SSSR count). The molecule has 0 saturated carbocycles. The lowest BCUT2D eigenvalue weighted by atomic mass is 10.0. The van der Waals surface area contributed by atoms with Crippen molar-refractivity contribution in [3.05, 3.63) is 102 Å². The van der Waals surface area contributed by atoms with Gasteiger partial charge in [0, 0.05) is 17.7 Å². The van der Waals surface area contributed by atoms with Gasteiger partial charge in [0.2, 0.25) is 0 Å². The van der Waals surface area contributed by atoms with Gasteiger partial charge in [-0.1, -0.05) is 42.0 Å². The maximum Gasteiger partial charge on any atom is 0.331 e. The zero-order valence-electron chi connectivity index (χ0n) is 18.1. The molecule has 1 aliphatic heterocycles. The monoisotopic (exact) mass is 436 g/mol. The second-order valence-corrected chi connectivity index (χ2v) is 7.80. The largest absolute Gasteiger partial charge is 0.858 e. The SMILES string of the molecule is Cc1ccc(N2C(=O)C(c3c(C)nn(-c4ccccc4)c3[O-])=C([n+]3ccccc3)C2=O)cc1. The second kappa shape index (κ2) is 7.87. The first-order valence-electron chi connectivity index (χ1n) is 10.5. The number of rotatable bonds is 4. The van der Waals surface area contributed by atoms with E-state index in [2.05, 4.69) is 5.10 Å². The van der Waals surface area contributed by atoms with Crippen molar-refractivity contribution in [2.24, 2.45) is 0 Å². The molecular weight excluding hydrogens is 416 g/mol. The predicted octanol–water partition coefficient (Wildman–Crippen LogP) is 2.79. The normalized spacial score (nSPS) is 13.8. The van der Waals surface area contributed by atoms with Crippen LogP contribution in [0.25, 0.3) is 17.0 Å². The van der Waals surface area contributed by atoms with Crippen molar-refractivity contribution in [3.63, 3.8) is 0 Å². The summed E-state index contributed by atoms with van der Waals surface area (Å²) in [5, 5.41) is 17.9. The number of aromatic nitrogens is 3. The Bertz CT molecular complexity index is 1410. The van der Waals surface area contributed by atoms with Crippen molar-refractivity contribution in [1.82, 2.24) is 9.78 Å². The highest BCUT2D eigenvalue weighted by atomic mass is 16.3. The molecule has 0 aliphatic carbocycles. The number of carbonyl (C=O) groups excluding carboxylic acids is 2. The lowest BCUT2D eigenvalue weighted by Crippen LogP contribution is -2.39. The van der Waals surface area contributed by atoms with Gasteiger partial charge in [0.15, 0.2) is 12.4 Å². The van der Waals surface area contributed by atoms with Gasteiger partial charge in [-0.2, -0.15) is 9.67 Å². The molecule has 162 valence electrons.